The zero-order valence-corrected chi connectivity index (χ0v) is 15.1. The summed E-state index contributed by atoms with van der Waals surface area (Å²) in [6.45, 7) is 0.585. The van der Waals surface area contributed by atoms with Gasteiger partial charge in [-0.3, -0.25) is 0 Å². The Kier molecular flexibility index (Phi) is 4.83. The molecule has 1 aliphatic heterocycles. The molecule has 3 heterocycles. The summed E-state index contributed by atoms with van der Waals surface area (Å²) in [5, 5.41) is 10.2. The van der Waals surface area contributed by atoms with Crippen molar-refractivity contribution in [3.8, 4) is 15.6 Å². The molecule has 0 saturated carbocycles. The second kappa shape index (κ2) is 7.40. The molecule has 0 spiro atoms. The molecule has 26 heavy (non-hydrogen) atoms. The summed E-state index contributed by atoms with van der Waals surface area (Å²) < 4.78 is 24.2. The molecule has 2 amide bonds. The fourth-order valence-corrected chi connectivity index (χ4v) is 4.15. The summed E-state index contributed by atoms with van der Waals surface area (Å²) in [6, 6.07) is 6.07. The summed E-state index contributed by atoms with van der Waals surface area (Å²) >= 11 is 3.15. The fraction of sp³-hybridized carbons (Fsp3) is 0.176. The Morgan fingerprint density at radius 3 is 3.12 bits per heavy atom. The second-order valence-corrected chi connectivity index (χ2v) is 7.29. The van der Waals surface area contributed by atoms with Gasteiger partial charge in [0, 0.05) is 17.0 Å². The second-order valence-electron chi connectivity index (χ2n) is 5.48. The molecule has 2 N–H and O–H groups in total. The van der Waals surface area contributed by atoms with Crippen LogP contribution in [0.3, 0.4) is 0 Å². The molecule has 2 aromatic heterocycles. The first-order valence-corrected chi connectivity index (χ1v) is 9.51. The van der Waals surface area contributed by atoms with Crippen molar-refractivity contribution in [1.82, 2.24) is 10.3 Å². The van der Waals surface area contributed by atoms with Crippen LogP contribution in [0.1, 0.15) is 11.3 Å². The SMILES string of the molecule is O=C(NCc1csc(-c2cccs2)n1)Nc1cc(F)cc2c1OCOC2. The molecule has 0 atom stereocenters. The number of amides is 2. The van der Waals surface area contributed by atoms with Gasteiger partial charge in [-0.25, -0.2) is 14.2 Å². The molecule has 1 aliphatic rings. The Balaban J connectivity index is 1.40. The van der Waals surface area contributed by atoms with Crippen LogP contribution < -0.4 is 15.4 Å². The average Bonchev–Trinajstić information content (AvgIpc) is 3.31. The molecular formula is C17H14FN3O3S2. The Morgan fingerprint density at radius 2 is 2.27 bits per heavy atom. The molecule has 9 heteroatoms. The van der Waals surface area contributed by atoms with Crippen LogP contribution in [0.15, 0.2) is 35.0 Å². The lowest BCUT2D eigenvalue weighted by molar-refractivity contribution is -0.0160. The minimum Gasteiger partial charge on any atom is -0.465 e. The lowest BCUT2D eigenvalue weighted by Gasteiger charge is -2.21. The van der Waals surface area contributed by atoms with Gasteiger partial charge in [-0.05, 0) is 17.5 Å². The summed E-state index contributed by atoms with van der Waals surface area (Å²) in [5.41, 5.74) is 1.60. The number of hydrogen-bond donors (Lipinski definition) is 2. The molecule has 0 fully saturated rings. The third kappa shape index (κ3) is 3.69. The van der Waals surface area contributed by atoms with Crippen molar-refractivity contribution in [2.24, 2.45) is 0 Å². The minimum atomic E-state index is -0.465. The smallest absolute Gasteiger partial charge is 0.319 e. The van der Waals surface area contributed by atoms with Crippen LogP contribution in [0.5, 0.6) is 5.75 Å². The van der Waals surface area contributed by atoms with Crippen molar-refractivity contribution in [3.63, 3.8) is 0 Å². The number of carbonyl (C=O) groups excluding carboxylic acids is 1. The highest BCUT2D eigenvalue weighted by molar-refractivity contribution is 7.20. The van der Waals surface area contributed by atoms with Gasteiger partial charge in [0.25, 0.3) is 0 Å². The number of carbonyl (C=O) groups is 1. The van der Waals surface area contributed by atoms with E-state index in [1.165, 1.54) is 23.5 Å². The number of benzene rings is 1. The Labute approximate surface area is 156 Å². The van der Waals surface area contributed by atoms with E-state index in [4.69, 9.17) is 9.47 Å². The maximum absolute atomic E-state index is 13.7. The van der Waals surface area contributed by atoms with E-state index in [0.717, 1.165) is 15.6 Å². The number of hydrogen-bond acceptors (Lipinski definition) is 6. The molecule has 0 aliphatic carbocycles. The number of ether oxygens (including phenoxy) is 2. The molecule has 0 saturated heterocycles. The topological polar surface area (TPSA) is 72.5 Å². The summed E-state index contributed by atoms with van der Waals surface area (Å²) in [5.74, 6) is -0.0327. The monoisotopic (exact) mass is 391 g/mol. The summed E-state index contributed by atoms with van der Waals surface area (Å²) in [7, 11) is 0. The van der Waals surface area contributed by atoms with Crippen LogP contribution in [-0.4, -0.2) is 17.8 Å². The van der Waals surface area contributed by atoms with E-state index in [9.17, 15) is 9.18 Å². The number of anilines is 1. The van der Waals surface area contributed by atoms with E-state index in [1.54, 1.807) is 11.3 Å². The molecule has 1 aromatic carbocycles. The molecule has 0 bridgehead atoms. The molecule has 4 rings (SSSR count). The van der Waals surface area contributed by atoms with Gasteiger partial charge in [0.15, 0.2) is 12.5 Å². The first-order chi connectivity index (χ1) is 12.7. The quantitative estimate of drug-likeness (QED) is 0.699. The first-order valence-electron chi connectivity index (χ1n) is 7.75. The predicted molar refractivity (Wildman–Crippen MR) is 98.0 cm³/mol. The van der Waals surface area contributed by atoms with Gasteiger partial charge in [0.2, 0.25) is 0 Å². The van der Waals surface area contributed by atoms with Crippen LogP contribution in [0.4, 0.5) is 14.9 Å². The van der Waals surface area contributed by atoms with E-state index in [2.05, 4.69) is 15.6 Å². The first kappa shape index (κ1) is 17.0. The number of nitrogens with one attached hydrogen (secondary N) is 2. The minimum absolute atomic E-state index is 0.0687. The summed E-state index contributed by atoms with van der Waals surface area (Å²) in [4.78, 5) is 17.8. The Bertz CT molecular complexity index is 927. The van der Waals surface area contributed by atoms with Crippen LogP contribution in [0.2, 0.25) is 0 Å². The maximum atomic E-state index is 13.7. The molecular weight excluding hydrogens is 377 g/mol. The number of fused-ring (bicyclic) bond motifs is 1. The molecule has 3 aromatic rings. The van der Waals surface area contributed by atoms with Crippen LogP contribution in [0, 0.1) is 5.82 Å². The number of urea groups is 1. The lowest BCUT2D eigenvalue weighted by atomic mass is 10.1. The van der Waals surface area contributed by atoms with Crippen molar-refractivity contribution in [3.05, 3.63) is 52.1 Å². The molecule has 6 nitrogen and oxygen atoms in total. The van der Waals surface area contributed by atoms with Gasteiger partial charge < -0.3 is 20.1 Å². The van der Waals surface area contributed by atoms with Crippen molar-refractivity contribution < 1.29 is 18.7 Å². The van der Waals surface area contributed by atoms with Gasteiger partial charge in [-0.2, -0.15) is 0 Å². The third-order valence-electron chi connectivity index (χ3n) is 3.64. The van der Waals surface area contributed by atoms with E-state index < -0.39 is 11.8 Å². The fourth-order valence-electron chi connectivity index (χ4n) is 2.51. The van der Waals surface area contributed by atoms with Gasteiger partial charge in [-0.1, -0.05) is 6.07 Å². The standard InChI is InChI=1S/C17H14FN3O3S2/c18-11-4-10-7-23-9-24-15(10)13(5-11)21-17(22)19-6-12-8-26-16(20-12)14-2-1-3-25-14/h1-5,8H,6-7,9H2,(H2,19,21,22). The van der Waals surface area contributed by atoms with Gasteiger partial charge in [0.1, 0.15) is 10.8 Å². The zero-order chi connectivity index (χ0) is 17.9. The van der Waals surface area contributed by atoms with Crippen LogP contribution >= 0.6 is 22.7 Å². The number of thiophene rings is 1. The van der Waals surface area contributed by atoms with Gasteiger partial charge in [0.05, 0.1) is 29.4 Å². The highest BCUT2D eigenvalue weighted by Gasteiger charge is 2.18. The number of nitrogens with zero attached hydrogens (tertiary/aromatic N) is 1. The third-order valence-corrected chi connectivity index (χ3v) is 5.57. The van der Waals surface area contributed by atoms with Gasteiger partial charge >= 0.3 is 6.03 Å². The maximum Gasteiger partial charge on any atom is 0.319 e. The van der Waals surface area contributed by atoms with Gasteiger partial charge in [-0.15, -0.1) is 22.7 Å². The Hall–Kier alpha value is -2.49. The van der Waals surface area contributed by atoms with Crippen LogP contribution in [0.25, 0.3) is 9.88 Å². The predicted octanol–water partition coefficient (Wildman–Crippen LogP) is 4.20. The number of halogens is 1. The Morgan fingerprint density at radius 1 is 1.35 bits per heavy atom. The normalized spacial score (nSPS) is 13.0. The van der Waals surface area contributed by atoms with Crippen LogP contribution in [-0.2, 0) is 17.9 Å². The van der Waals surface area contributed by atoms with Crippen molar-refractivity contribution >= 4 is 34.4 Å². The highest BCUT2D eigenvalue weighted by Crippen LogP contribution is 2.33. The molecule has 134 valence electrons. The van der Waals surface area contributed by atoms with Crippen molar-refractivity contribution in [2.45, 2.75) is 13.2 Å². The van der Waals surface area contributed by atoms with Crippen molar-refractivity contribution in [1.29, 1.82) is 0 Å². The van der Waals surface area contributed by atoms with E-state index in [0.29, 0.717) is 11.3 Å². The highest BCUT2D eigenvalue weighted by atomic mass is 32.1. The van der Waals surface area contributed by atoms with E-state index in [-0.39, 0.29) is 25.6 Å². The number of rotatable bonds is 4. The average molecular weight is 391 g/mol. The lowest BCUT2D eigenvalue weighted by Crippen LogP contribution is -2.29. The number of aromatic nitrogens is 1. The summed E-state index contributed by atoms with van der Waals surface area (Å²) in [6.07, 6.45) is 0. The molecule has 0 radical (unpaired) electrons. The number of thiazole rings is 1. The zero-order valence-electron chi connectivity index (χ0n) is 13.5. The van der Waals surface area contributed by atoms with E-state index in [1.807, 2.05) is 22.9 Å². The molecule has 0 unspecified atom stereocenters. The van der Waals surface area contributed by atoms with E-state index >= 15 is 0 Å². The largest absolute Gasteiger partial charge is 0.465 e. The van der Waals surface area contributed by atoms with Crippen molar-refractivity contribution in [2.75, 3.05) is 12.1 Å².